The molecule has 1 aliphatic carbocycles. The number of likely N-dealkylation sites (N-methyl/N-ethyl adjacent to an activating group) is 1. The van der Waals surface area contributed by atoms with Crippen molar-refractivity contribution in [3.05, 3.63) is 48.4 Å². The molecule has 0 bridgehead atoms. The number of amides is 2. The highest BCUT2D eigenvalue weighted by Crippen LogP contribution is 2.34. The summed E-state index contributed by atoms with van der Waals surface area (Å²) in [5.74, 6) is 1.79. The van der Waals surface area contributed by atoms with Crippen LogP contribution in [0.4, 0.5) is 11.6 Å². The van der Waals surface area contributed by atoms with Crippen LogP contribution in [0.5, 0.6) is 17.4 Å². The van der Waals surface area contributed by atoms with E-state index in [4.69, 9.17) is 14.2 Å². The molecule has 2 amide bonds. The van der Waals surface area contributed by atoms with Crippen LogP contribution in [0.25, 0.3) is 0 Å². The van der Waals surface area contributed by atoms with Crippen molar-refractivity contribution in [3.8, 4) is 17.4 Å². The van der Waals surface area contributed by atoms with E-state index < -0.39 is 0 Å². The van der Waals surface area contributed by atoms with E-state index in [0.717, 1.165) is 6.42 Å². The van der Waals surface area contributed by atoms with Crippen LogP contribution < -0.4 is 20.1 Å². The second-order valence-electron chi connectivity index (χ2n) is 9.90. The lowest BCUT2D eigenvalue weighted by Gasteiger charge is -2.23. The maximum absolute atomic E-state index is 12.9. The number of nitrogens with zero attached hydrogens (tertiary/aromatic N) is 5. The zero-order chi connectivity index (χ0) is 27.9. The number of carbonyl (C=O) groups excluding carboxylic acids is 2. The number of nitrogens with one attached hydrogen (secondary N) is 2. The van der Waals surface area contributed by atoms with Gasteiger partial charge in [-0.25, -0.2) is 9.97 Å². The summed E-state index contributed by atoms with van der Waals surface area (Å²) in [6.45, 7) is 2.23. The zero-order valence-electron chi connectivity index (χ0n) is 22.9. The van der Waals surface area contributed by atoms with E-state index in [1.165, 1.54) is 25.2 Å². The van der Waals surface area contributed by atoms with Gasteiger partial charge < -0.3 is 24.8 Å². The second kappa shape index (κ2) is 12.7. The number of anilines is 2. The van der Waals surface area contributed by atoms with Crippen LogP contribution in [0, 0.1) is 5.92 Å². The molecule has 0 spiro atoms. The molecule has 39 heavy (non-hydrogen) atoms. The average molecular weight is 538 g/mol. The number of ether oxygens (including phenoxy) is 3. The summed E-state index contributed by atoms with van der Waals surface area (Å²) < 4.78 is 18.6. The van der Waals surface area contributed by atoms with Gasteiger partial charge in [-0.05, 0) is 45.5 Å². The highest BCUT2D eigenvalue weighted by Gasteiger charge is 2.30. The number of hydrogen-bond donors (Lipinski definition) is 2. The Labute approximate surface area is 227 Å². The molecule has 4 rings (SSSR count). The van der Waals surface area contributed by atoms with Crippen LogP contribution in [0.15, 0.2) is 42.9 Å². The van der Waals surface area contributed by atoms with E-state index in [9.17, 15) is 9.59 Å². The number of benzene rings is 1. The van der Waals surface area contributed by atoms with Gasteiger partial charge in [-0.1, -0.05) is 12.8 Å². The maximum Gasteiger partial charge on any atom is 0.257 e. The van der Waals surface area contributed by atoms with Crippen molar-refractivity contribution in [1.82, 2.24) is 24.6 Å². The van der Waals surface area contributed by atoms with Gasteiger partial charge in [-0.3, -0.25) is 19.2 Å². The predicted octanol–water partition coefficient (Wildman–Crippen LogP) is 3.34. The van der Waals surface area contributed by atoms with Gasteiger partial charge in [0.05, 0.1) is 25.0 Å². The lowest BCUT2D eigenvalue weighted by atomic mass is 10.1. The van der Waals surface area contributed by atoms with Crippen molar-refractivity contribution >= 4 is 23.5 Å². The van der Waals surface area contributed by atoms with Crippen LogP contribution in [-0.2, 0) is 16.6 Å². The Kier molecular flexibility index (Phi) is 9.10. The average Bonchev–Trinajstić information content (AvgIpc) is 3.62. The van der Waals surface area contributed by atoms with E-state index >= 15 is 0 Å². The number of rotatable bonds is 13. The fourth-order valence-electron chi connectivity index (χ4n) is 3.99. The molecule has 2 atom stereocenters. The summed E-state index contributed by atoms with van der Waals surface area (Å²) in [5, 5.41) is 9.77. The molecule has 1 aliphatic rings. The van der Waals surface area contributed by atoms with E-state index in [1.807, 2.05) is 25.9 Å². The van der Waals surface area contributed by atoms with Gasteiger partial charge in [0.15, 0.2) is 11.6 Å². The van der Waals surface area contributed by atoms with Crippen LogP contribution in [0.1, 0.15) is 36.5 Å². The van der Waals surface area contributed by atoms with Crippen LogP contribution >= 0.6 is 0 Å². The molecule has 208 valence electrons. The Hall–Kier alpha value is -4.03. The molecule has 1 saturated carbocycles. The zero-order valence-corrected chi connectivity index (χ0v) is 22.9. The van der Waals surface area contributed by atoms with Crippen molar-refractivity contribution in [2.75, 3.05) is 38.4 Å². The lowest BCUT2D eigenvalue weighted by Crippen LogP contribution is -2.40. The van der Waals surface area contributed by atoms with Crippen molar-refractivity contribution in [3.63, 3.8) is 0 Å². The van der Waals surface area contributed by atoms with E-state index in [-0.39, 0.29) is 29.8 Å². The fraction of sp³-hybridized carbons (Fsp3) is 0.444. The molecule has 0 radical (unpaired) electrons. The summed E-state index contributed by atoms with van der Waals surface area (Å²) in [6, 6.07) is 6.31. The third-order valence-corrected chi connectivity index (χ3v) is 6.12. The number of aryl methyl sites for hydroxylation is 1. The van der Waals surface area contributed by atoms with Gasteiger partial charge in [0.1, 0.15) is 17.6 Å². The molecule has 1 fully saturated rings. The van der Waals surface area contributed by atoms with Crippen LogP contribution in [0.3, 0.4) is 0 Å². The number of carbonyl (C=O) groups is 2. The first-order valence-corrected chi connectivity index (χ1v) is 12.8. The third-order valence-electron chi connectivity index (χ3n) is 6.12. The molecular weight excluding hydrogens is 502 g/mol. The first-order chi connectivity index (χ1) is 18.7. The minimum absolute atomic E-state index is 0.117. The molecule has 2 N–H and O–H groups in total. The van der Waals surface area contributed by atoms with Crippen molar-refractivity contribution < 1.29 is 23.8 Å². The minimum Gasteiger partial charge on any atom is -0.488 e. The molecular formula is C27H35N7O5. The van der Waals surface area contributed by atoms with E-state index in [2.05, 4.69) is 25.7 Å². The van der Waals surface area contributed by atoms with Crippen molar-refractivity contribution in [1.29, 1.82) is 0 Å². The Balaban J connectivity index is 1.47. The molecule has 0 saturated heterocycles. The molecule has 3 aromatic rings. The van der Waals surface area contributed by atoms with Crippen molar-refractivity contribution in [2.45, 2.75) is 38.3 Å². The summed E-state index contributed by atoms with van der Waals surface area (Å²) in [5.41, 5.74) is 0.306. The molecule has 1 aromatic carbocycles. The highest BCUT2D eigenvalue weighted by molar-refractivity contribution is 6.04. The van der Waals surface area contributed by atoms with E-state index in [0.29, 0.717) is 41.2 Å². The SMILES string of the molecule is COC[C@H](C)Oc1cc(Oc2cnc(NC(=O)[C@H](CC3CC3)N(C)C)cn2)cc(C(=O)Nc2ccn(C)n2)c1. The second-order valence-corrected chi connectivity index (χ2v) is 9.90. The Morgan fingerprint density at radius 1 is 1.10 bits per heavy atom. The minimum atomic E-state index is -0.380. The lowest BCUT2D eigenvalue weighted by molar-refractivity contribution is -0.120. The normalized spacial score (nSPS) is 14.5. The molecule has 2 aromatic heterocycles. The van der Waals surface area contributed by atoms with Crippen LogP contribution in [-0.4, -0.2) is 76.4 Å². The molecule has 12 heteroatoms. The first kappa shape index (κ1) is 28.0. The number of aromatic nitrogens is 4. The third kappa shape index (κ3) is 8.23. The van der Waals surface area contributed by atoms with Gasteiger partial charge >= 0.3 is 0 Å². The van der Waals surface area contributed by atoms with Crippen LogP contribution in [0.2, 0.25) is 0 Å². The summed E-state index contributed by atoms with van der Waals surface area (Å²) >= 11 is 0. The van der Waals surface area contributed by atoms with E-state index in [1.54, 1.807) is 49.3 Å². The van der Waals surface area contributed by atoms with Gasteiger partial charge in [0.25, 0.3) is 5.91 Å². The summed E-state index contributed by atoms with van der Waals surface area (Å²) in [7, 11) is 7.14. The maximum atomic E-state index is 12.9. The van der Waals surface area contributed by atoms with Gasteiger partial charge in [-0.2, -0.15) is 5.10 Å². The number of methoxy groups -OCH3 is 1. The molecule has 12 nitrogen and oxygen atoms in total. The Bertz CT molecular complexity index is 1270. The highest BCUT2D eigenvalue weighted by atomic mass is 16.5. The molecule has 0 unspecified atom stereocenters. The molecule has 0 aliphatic heterocycles. The first-order valence-electron chi connectivity index (χ1n) is 12.8. The summed E-state index contributed by atoms with van der Waals surface area (Å²) in [4.78, 5) is 36.2. The van der Waals surface area contributed by atoms with Gasteiger partial charge in [-0.15, -0.1) is 0 Å². The Morgan fingerprint density at radius 2 is 1.87 bits per heavy atom. The topological polar surface area (TPSA) is 133 Å². The van der Waals surface area contributed by atoms with Crippen molar-refractivity contribution in [2.24, 2.45) is 13.0 Å². The van der Waals surface area contributed by atoms with Gasteiger partial charge in [0.2, 0.25) is 11.8 Å². The largest absolute Gasteiger partial charge is 0.488 e. The smallest absolute Gasteiger partial charge is 0.257 e. The summed E-state index contributed by atoms with van der Waals surface area (Å²) in [6.07, 6.45) is 7.49. The number of hydrogen-bond acceptors (Lipinski definition) is 9. The van der Waals surface area contributed by atoms with Gasteiger partial charge in [0, 0.05) is 38.1 Å². The fourth-order valence-corrected chi connectivity index (χ4v) is 3.99. The molecule has 2 heterocycles. The standard InChI is InChI=1S/C27H35N7O5/c1-17(16-37-5)38-20-11-19(26(35)30-23-8-9-34(4)32-23)12-21(13-20)39-25-15-28-24(14-29-25)31-27(36)22(33(2)3)10-18-6-7-18/h8-9,11-15,17-18,22H,6-7,10,16H2,1-5H3,(H,28,31,36)(H,30,32,35)/t17-,22-/m0/s1. The quantitative estimate of drug-likeness (QED) is 0.337. The Morgan fingerprint density at radius 3 is 2.49 bits per heavy atom. The predicted molar refractivity (Wildman–Crippen MR) is 145 cm³/mol. The monoisotopic (exact) mass is 537 g/mol.